The third-order valence-corrected chi connectivity index (χ3v) is 3.07. The molecule has 1 aliphatic heterocycles. The lowest BCUT2D eigenvalue weighted by Gasteiger charge is -2.12. The van der Waals surface area contributed by atoms with Crippen molar-refractivity contribution in [3.63, 3.8) is 0 Å². The number of aliphatic hydroxyl groups is 1. The molecule has 0 amide bonds. The fourth-order valence-electron chi connectivity index (χ4n) is 2.14. The van der Waals surface area contributed by atoms with Crippen LogP contribution in [0.15, 0.2) is 18.2 Å². The summed E-state index contributed by atoms with van der Waals surface area (Å²) in [6, 6.07) is 6.34. The first-order valence-electron chi connectivity index (χ1n) is 6.30. The van der Waals surface area contributed by atoms with E-state index in [2.05, 4.69) is 30.4 Å². The van der Waals surface area contributed by atoms with E-state index in [1.165, 1.54) is 11.1 Å². The molecule has 2 atom stereocenters. The summed E-state index contributed by atoms with van der Waals surface area (Å²) in [5.74, 6) is 1.03. The summed E-state index contributed by atoms with van der Waals surface area (Å²) < 4.78 is 5.84. The number of nitrogens with one attached hydrogen (secondary N) is 1. The molecule has 1 aromatic carbocycles. The van der Waals surface area contributed by atoms with Crippen molar-refractivity contribution in [1.82, 2.24) is 5.32 Å². The van der Waals surface area contributed by atoms with Crippen LogP contribution < -0.4 is 10.1 Å². The lowest BCUT2D eigenvalue weighted by atomic mass is 10.1. The van der Waals surface area contributed by atoms with Crippen LogP contribution in [0.5, 0.6) is 5.75 Å². The first kappa shape index (κ1) is 12.4. The highest BCUT2D eigenvalue weighted by atomic mass is 16.5. The number of hydrogen-bond acceptors (Lipinski definition) is 3. The average Bonchev–Trinajstić information content (AvgIpc) is 2.66. The third kappa shape index (κ3) is 3.45. The Morgan fingerprint density at radius 1 is 1.53 bits per heavy atom. The van der Waals surface area contributed by atoms with Crippen LogP contribution in [0.3, 0.4) is 0 Å². The van der Waals surface area contributed by atoms with Crippen molar-refractivity contribution >= 4 is 0 Å². The Bertz CT molecular complexity index is 376. The van der Waals surface area contributed by atoms with Crippen LogP contribution in [0.2, 0.25) is 0 Å². The van der Waals surface area contributed by atoms with Crippen molar-refractivity contribution in [2.45, 2.75) is 38.9 Å². The van der Waals surface area contributed by atoms with Crippen LogP contribution in [0.25, 0.3) is 0 Å². The van der Waals surface area contributed by atoms with Crippen molar-refractivity contribution < 1.29 is 9.84 Å². The zero-order chi connectivity index (χ0) is 12.3. The zero-order valence-corrected chi connectivity index (χ0v) is 10.6. The van der Waals surface area contributed by atoms with Crippen LogP contribution in [0, 0.1) is 6.92 Å². The Hall–Kier alpha value is -1.06. The number of ether oxygens (including phenoxy) is 1. The van der Waals surface area contributed by atoms with Gasteiger partial charge in [-0.3, -0.25) is 0 Å². The molecule has 3 heteroatoms. The van der Waals surface area contributed by atoms with Gasteiger partial charge < -0.3 is 15.2 Å². The zero-order valence-electron chi connectivity index (χ0n) is 10.6. The molecule has 0 spiro atoms. The van der Waals surface area contributed by atoms with Crippen molar-refractivity contribution in [2.24, 2.45) is 0 Å². The van der Waals surface area contributed by atoms with Gasteiger partial charge in [0.05, 0.1) is 6.10 Å². The fraction of sp³-hybridized carbons (Fsp3) is 0.571. The van der Waals surface area contributed by atoms with Gasteiger partial charge in [0, 0.05) is 13.0 Å². The van der Waals surface area contributed by atoms with Gasteiger partial charge in [0.1, 0.15) is 11.9 Å². The van der Waals surface area contributed by atoms with E-state index in [1.807, 2.05) is 6.92 Å². The molecular formula is C14H21NO2. The van der Waals surface area contributed by atoms with Gasteiger partial charge in [-0.2, -0.15) is 0 Å². The maximum absolute atomic E-state index is 9.15. The molecule has 3 nitrogen and oxygen atoms in total. The van der Waals surface area contributed by atoms with Crippen LogP contribution in [-0.4, -0.2) is 30.4 Å². The molecule has 0 fully saturated rings. The quantitative estimate of drug-likeness (QED) is 0.763. The Balaban J connectivity index is 1.76. The van der Waals surface area contributed by atoms with E-state index in [0.29, 0.717) is 0 Å². The van der Waals surface area contributed by atoms with Gasteiger partial charge >= 0.3 is 0 Å². The summed E-state index contributed by atoms with van der Waals surface area (Å²) in [4.78, 5) is 0. The summed E-state index contributed by atoms with van der Waals surface area (Å²) in [7, 11) is 0. The number of fused-ring (bicyclic) bond motifs is 1. The number of benzene rings is 1. The maximum atomic E-state index is 9.15. The van der Waals surface area contributed by atoms with Crippen molar-refractivity contribution in [3.05, 3.63) is 29.3 Å². The molecule has 0 saturated carbocycles. The largest absolute Gasteiger partial charge is 0.488 e. The predicted octanol–water partition coefficient (Wildman–Crippen LogP) is 1.66. The van der Waals surface area contributed by atoms with Gasteiger partial charge in [0.2, 0.25) is 0 Å². The van der Waals surface area contributed by atoms with Gasteiger partial charge in [-0.1, -0.05) is 17.7 Å². The summed E-state index contributed by atoms with van der Waals surface area (Å²) in [6.45, 7) is 5.61. The predicted molar refractivity (Wildman–Crippen MR) is 68.5 cm³/mol. The molecule has 0 aliphatic carbocycles. The molecule has 1 heterocycles. The Labute approximate surface area is 103 Å². The first-order chi connectivity index (χ1) is 8.15. The van der Waals surface area contributed by atoms with Crippen LogP contribution >= 0.6 is 0 Å². The topological polar surface area (TPSA) is 41.5 Å². The van der Waals surface area contributed by atoms with Gasteiger partial charge in [0.25, 0.3) is 0 Å². The second kappa shape index (κ2) is 5.52. The van der Waals surface area contributed by atoms with Gasteiger partial charge in [-0.05, 0) is 38.4 Å². The molecule has 2 unspecified atom stereocenters. The van der Waals surface area contributed by atoms with E-state index in [-0.39, 0.29) is 12.2 Å². The number of hydrogen-bond donors (Lipinski definition) is 2. The first-order valence-corrected chi connectivity index (χ1v) is 6.30. The SMILES string of the molecule is Cc1ccc2c(c1)CC(CNCCC(C)O)O2. The molecule has 1 aliphatic rings. The van der Waals surface area contributed by atoms with E-state index in [9.17, 15) is 0 Å². The third-order valence-electron chi connectivity index (χ3n) is 3.07. The second-order valence-electron chi connectivity index (χ2n) is 4.90. The summed E-state index contributed by atoms with van der Waals surface area (Å²) in [5.41, 5.74) is 2.60. The molecule has 0 aromatic heterocycles. The second-order valence-corrected chi connectivity index (χ2v) is 4.90. The summed E-state index contributed by atoms with van der Waals surface area (Å²) in [5, 5.41) is 12.5. The smallest absolute Gasteiger partial charge is 0.123 e. The highest BCUT2D eigenvalue weighted by molar-refractivity contribution is 5.40. The van der Waals surface area contributed by atoms with Crippen molar-refractivity contribution in [3.8, 4) is 5.75 Å². The minimum Gasteiger partial charge on any atom is -0.488 e. The van der Waals surface area contributed by atoms with E-state index >= 15 is 0 Å². The van der Waals surface area contributed by atoms with Crippen molar-refractivity contribution in [1.29, 1.82) is 0 Å². The average molecular weight is 235 g/mol. The Kier molecular flexibility index (Phi) is 4.02. The number of aryl methyl sites for hydroxylation is 1. The molecule has 0 bridgehead atoms. The number of aliphatic hydroxyl groups excluding tert-OH is 1. The standard InChI is InChI=1S/C14H21NO2/c1-10-3-4-14-12(7-10)8-13(17-14)9-15-6-5-11(2)16/h3-4,7,11,13,15-16H,5-6,8-9H2,1-2H3. The minimum absolute atomic E-state index is 0.230. The van der Waals surface area contributed by atoms with Gasteiger partial charge in [-0.25, -0.2) is 0 Å². The molecule has 94 valence electrons. The Morgan fingerprint density at radius 2 is 2.35 bits per heavy atom. The summed E-state index contributed by atoms with van der Waals surface area (Å²) >= 11 is 0. The number of rotatable bonds is 5. The molecule has 0 radical (unpaired) electrons. The van der Waals surface area contributed by atoms with E-state index in [0.717, 1.165) is 31.7 Å². The maximum Gasteiger partial charge on any atom is 0.123 e. The van der Waals surface area contributed by atoms with Crippen LogP contribution in [0.1, 0.15) is 24.5 Å². The van der Waals surface area contributed by atoms with Gasteiger partial charge in [-0.15, -0.1) is 0 Å². The lowest BCUT2D eigenvalue weighted by Crippen LogP contribution is -2.31. The van der Waals surface area contributed by atoms with Gasteiger partial charge in [0.15, 0.2) is 0 Å². The molecule has 1 aromatic rings. The summed E-state index contributed by atoms with van der Waals surface area (Å²) in [6.07, 6.45) is 1.78. The molecular weight excluding hydrogens is 214 g/mol. The van der Waals surface area contributed by atoms with Crippen molar-refractivity contribution in [2.75, 3.05) is 13.1 Å². The molecule has 2 N–H and O–H groups in total. The van der Waals surface area contributed by atoms with E-state index in [4.69, 9.17) is 9.84 Å². The minimum atomic E-state index is -0.230. The Morgan fingerprint density at radius 3 is 3.12 bits per heavy atom. The van der Waals surface area contributed by atoms with E-state index in [1.54, 1.807) is 0 Å². The normalized spacial score (nSPS) is 19.8. The van der Waals surface area contributed by atoms with Crippen LogP contribution in [-0.2, 0) is 6.42 Å². The fourth-order valence-corrected chi connectivity index (χ4v) is 2.14. The highest BCUT2D eigenvalue weighted by Gasteiger charge is 2.22. The molecule has 2 rings (SSSR count). The van der Waals surface area contributed by atoms with Crippen LogP contribution in [0.4, 0.5) is 0 Å². The molecule has 17 heavy (non-hydrogen) atoms. The lowest BCUT2D eigenvalue weighted by molar-refractivity contribution is 0.178. The van der Waals surface area contributed by atoms with E-state index < -0.39 is 0 Å². The highest BCUT2D eigenvalue weighted by Crippen LogP contribution is 2.29. The molecule has 0 saturated heterocycles. The monoisotopic (exact) mass is 235 g/mol.